The zero-order valence-electron chi connectivity index (χ0n) is 12.1. The van der Waals surface area contributed by atoms with E-state index in [0.29, 0.717) is 6.04 Å². The normalized spacial score (nSPS) is 25.9. The molecule has 3 rings (SSSR count). The van der Waals surface area contributed by atoms with Gasteiger partial charge in [-0.2, -0.15) is 0 Å². The summed E-state index contributed by atoms with van der Waals surface area (Å²) in [6.45, 7) is 3.77. The molecule has 2 aliphatic rings. The van der Waals surface area contributed by atoms with Crippen molar-refractivity contribution in [3.8, 4) is 0 Å². The van der Waals surface area contributed by atoms with E-state index in [1.807, 2.05) is 12.1 Å². The van der Waals surface area contributed by atoms with Crippen LogP contribution in [0.15, 0.2) is 24.3 Å². The van der Waals surface area contributed by atoms with E-state index in [2.05, 4.69) is 29.7 Å². The van der Waals surface area contributed by atoms with Crippen LogP contribution in [0.25, 0.3) is 0 Å². The zero-order chi connectivity index (χ0) is 13.9. The number of carbonyl (C=O) groups is 1. The molecule has 2 atom stereocenters. The Labute approximate surface area is 120 Å². The molecule has 0 aromatic heterocycles. The predicted molar refractivity (Wildman–Crippen MR) is 82.2 cm³/mol. The highest BCUT2D eigenvalue weighted by Gasteiger charge is 2.25. The molecular weight excluding hydrogens is 250 g/mol. The number of amides is 2. The third-order valence-corrected chi connectivity index (χ3v) is 4.57. The highest BCUT2D eigenvalue weighted by molar-refractivity contribution is 5.94. The first-order chi connectivity index (χ1) is 9.78. The molecule has 4 heteroatoms. The van der Waals surface area contributed by atoms with Gasteiger partial charge < -0.3 is 10.6 Å². The number of hydrogen-bond acceptors (Lipinski definition) is 2. The van der Waals surface area contributed by atoms with Crippen LogP contribution in [0, 0.1) is 5.92 Å². The molecule has 0 radical (unpaired) electrons. The Kier molecular flexibility index (Phi) is 3.81. The van der Waals surface area contributed by atoms with E-state index in [9.17, 15) is 4.79 Å². The number of benzene rings is 1. The van der Waals surface area contributed by atoms with Crippen molar-refractivity contribution in [1.29, 1.82) is 0 Å². The quantitative estimate of drug-likeness (QED) is 0.884. The van der Waals surface area contributed by atoms with E-state index in [-0.39, 0.29) is 6.03 Å². The molecule has 20 heavy (non-hydrogen) atoms. The Morgan fingerprint density at radius 1 is 1.30 bits per heavy atom. The number of nitrogens with zero attached hydrogens (tertiary/aromatic N) is 1. The second-order valence-corrected chi connectivity index (χ2v) is 5.78. The minimum absolute atomic E-state index is 0.00699. The minimum atomic E-state index is 0.00699. The summed E-state index contributed by atoms with van der Waals surface area (Å²) in [7, 11) is 0. The highest BCUT2D eigenvalue weighted by Crippen LogP contribution is 2.31. The van der Waals surface area contributed by atoms with Crippen molar-refractivity contribution in [2.24, 2.45) is 5.92 Å². The van der Waals surface area contributed by atoms with E-state index in [1.54, 1.807) is 4.90 Å². The van der Waals surface area contributed by atoms with Gasteiger partial charge in [0.1, 0.15) is 0 Å². The van der Waals surface area contributed by atoms with Gasteiger partial charge in [0.25, 0.3) is 0 Å². The summed E-state index contributed by atoms with van der Waals surface area (Å²) in [4.78, 5) is 13.4. The summed E-state index contributed by atoms with van der Waals surface area (Å²) in [6, 6.07) is 8.86. The maximum absolute atomic E-state index is 11.6. The SMILES string of the molecule is CCC1CCCC1Nc1ccc(N2CCNC2=O)cc1. The molecule has 2 amide bonds. The predicted octanol–water partition coefficient (Wildman–Crippen LogP) is 3.21. The zero-order valence-corrected chi connectivity index (χ0v) is 12.1. The molecule has 1 aromatic carbocycles. The fourth-order valence-corrected chi connectivity index (χ4v) is 3.39. The van der Waals surface area contributed by atoms with Gasteiger partial charge in [-0.25, -0.2) is 4.79 Å². The summed E-state index contributed by atoms with van der Waals surface area (Å²) in [5, 5.41) is 6.48. The third kappa shape index (κ3) is 2.60. The number of anilines is 2. The average Bonchev–Trinajstić information content (AvgIpc) is 3.08. The molecule has 1 saturated carbocycles. The molecule has 1 aromatic rings. The molecule has 0 bridgehead atoms. The topological polar surface area (TPSA) is 44.4 Å². The van der Waals surface area contributed by atoms with Gasteiger partial charge in [0, 0.05) is 30.5 Å². The van der Waals surface area contributed by atoms with Crippen LogP contribution in [-0.4, -0.2) is 25.2 Å². The monoisotopic (exact) mass is 273 g/mol. The van der Waals surface area contributed by atoms with Crippen LogP contribution in [-0.2, 0) is 0 Å². The molecule has 1 aliphatic heterocycles. The van der Waals surface area contributed by atoms with Crippen molar-refractivity contribution in [3.05, 3.63) is 24.3 Å². The van der Waals surface area contributed by atoms with Crippen LogP contribution < -0.4 is 15.5 Å². The number of hydrogen-bond donors (Lipinski definition) is 2. The number of urea groups is 1. The van der Waals surface area contributed by atoms with Gasteiger partial charge in [0.2, 0.25) is 0 Å². The summed E-state index contributed by atoms with van der Waals surface area (Å²) in [5.74, 6) is 0.805. The van der Waals surface area contributed by atoms with Crippen LogP contribution in [0.5, 0.6) is 0 Å². The Morgan fingerprint density at radius 2 is 2.10 bits per heavy atom. The lowest BCUT2D eigenvalue weighted by molar-refractivity contribution is 0.252. The lowest BCUT2D eigenvalue weighted by atomic mass is 10.0. The van der Waals surface area contributed by atoms with Crippen molar-refractivity contribution in [3.63, 3.8) is 0 Å². The molecule has 2 unspecified atom stereocenters. The van der Waals surface area contributed by atoms with Crippen molar-refractivity contribution < 1.29 is 4.79 Å². The molecule has 1 heterocycles. The Hall–Kier alpha value is -1.71. The molecule has 4 nitrogen and oxygen atoms in total. The minimum Gasteiger partial charge on any atom is -0.382 e. The maximum Gasteiger partial charge on any atom is 0.321 e. The molecule has 1 saturated heterocycles. The van der Waals surface area contributed by atoms with Crippen LogP contribution in [0.2, 0.25) is 0 Å². The van der Waals surface area contributed by atoms with Gasteiger partial charge in [-0.1, -0.05) is 19.8 Å². The molecule has 108 valence electrons. The molecule has 0 spiro atoms. The van der Waals surface area contributed by atoms with Gasteiger partial charge in [-0.3, -0.25) is 4.90 Å². The first-order valence-corrected chi connectivity index (χ1v) is 7.70. The molecular formula is C16H23N3O. The first kappa shape index (κ1) is 13.3. The Bertz CT molecular complexity index is 471. The summed E-state index contributed by atoms with van der Waals surface area (Å²) in [6.07, 6.45) is 5.21. The first-order valence-electron chi connectivity index (χ1n) is 7.70. The van der Waals surface area contributed by atoms with E-state index in [0.717, 1.165) is 24.7 Å². The van der Waals surface area contributed by atoms with Crippen LogP contribution in [0.4, 0.5) is 16.2 Å². The largest absolute Gasteiger partial charge is 0.382 e. The van der Waals surface area contributed by atoms with Crippen LogP contribution in [0.3, 0.4) is 0 Å². The van der Waals surface area contributed by atoms with Gasteiger partial charge in [-0.05, 0) is 43.0 Å². The Morgan fingerprint density at radius 3 is 2.75 bits per heavy atom. The number of nitrogens with one attached hydrogen (secondary N) is 2. The van der Waals surface area contributed by atoms with Crippen molar-refractivity contribution in [2.75, 3.05) is 23.3 Å². The second kappa shape index (κ2) is 5.73. The summed E-state index contributed by atoms with van der Waals surface area (Å²) in [5.41, 5.74) is 2.14. The van der Waals surface area contributed by atoms with Gasteiger partial charge >= 0.3 is 6.03 Å². The van der Waals surface area contributed by atoms with Crippen molar-refractivity contribution >= 4 is 17.4 Å². The fraction of sp³-hybridized carbons (Fsp3) is 0.562. The van der Waals surface area contributed by atoms with Crippen LogP contribution in [0.1, 0.15) is 32.6 Å². The van der Waals surface area contributed by atoms with E-state index < -0.39 is 0 Å². The second-order valence-electron chi connectivity index (χ2n) is 5.78. The third-order valence-electron chi connectivity index (χ3n) is 4.57. The smallest absolute Gasteiger partial charge is 0.321 e. The van der Waals surface area contributed by atoms with Crippen molar-refractivity contribution in [2.45, 2.75) is 38.6 Å². The lowest BCUT2D eigenvalue weighted by Crippen LogP contribution is -2.27. The van der Waals surface area contributed by atoms with Gasteiger partial charge in [-0.15, -0.1) is 0 Å². The lowest BCUT2D eigenvalue weighted by Gasteiger charge is -2.21. The van der Waals surface area contributed by atoms with Crippen LogP contribution >= 0.6 is 0 Å². The molecule has 2 fully saturated rings. The molecule has 1 aliphatic carbocycles. The van der Waals surface area contributed by atoms with E-state index in [4.69, 9.17) is 0 Å². The van der Waals surface area contributed by atoms with E-state index >= 15 is 0 Å². The maximum atomic E-state index is 11.6. The van der Waals surface area contributed by atoms with E-state index in [1.165, 1.54) is 31.4 Å². The summed E-state index contributed by atoms with van der Waals surface area (Å²) < 4.78 is 0. The van der Waals surface area contributed by atoms with Crippen molar-refractivity contribution in [1.82, 2.24) is 5.32 Å². The summed E-state index contributed by atoms with van der Waals surface area (Å²) >= 11 is 0. The van der Waals surface area contributed by atoms with Gasteiger partial charge in [0.15, 0.2) is 0 Å². The number of carbonyl (C=O) groups excluding carboxylic acids is 1. The highest BCUT2D eigenvalue weighted by atomic mass is 16.2. The fourth-order valence-electron chi connectivity index (χ4n) is 3.39. The Balaban J connectivity index is 1.65. The standard InChI is InChI=1S/C16H23N3O/c1-2-12-4-3-5-15(12)18-13-6-8-14(9-7-13)19-11-10-17-16(19)20/h6-9,12,15,18H,2-5,10-11H2,1H3,(H,17,20). The number of rotatable bonds is 4. The van der Waals surface area contributed by atoms with Gasteiger partial charge in [0.05, 0.1) is 0 Å². The molecule has 2 N–H and O–H groups in total. The average molecular weight is 273 g/mol.